The van der Waals surface area contributed by atoms with E-state index in [1.807, 2.05) is 91.8 Å². The minimum absolute atomic E-state index is 0.237. The molecule has 0 aromatic heterocycles. The topological polar surface area (TPSA) is 87.7 Å². The van der Waals surface area contributed by atoms with E-state index in [-0.39, 0.29) is 23.8 Å². The summed E-state index contributed by atoms with van der Waals surface area (Å²) in [6.07, 6.45) is -0.0394. The molecule has 3 atom stereocenters. The molecule has 0 saturated carbocycles. The number of anilines is 1. The first-order valence-electron chi connectivity index (χ1n) is 13.8. The number of hydrogen-bond acceptors (Lipinski definition) is 4. The zero-order valence-electron chi connectivity index (χ0n) is 25.6. The second-order valence-electron chi connectivity index (χ2n) is 11.9. The fourth-order valence-electron chi connectivity index (χ4n) is 4.48. The molecule has 214 valence electrons. The third-order valence-electron chi connectivity index (χ3n) is 7.03. The highest BCUT2D eigenvalue weighted by Gasteiger charge is 2.39. The number of carbonyl (C=O) groups is 3. The van der Waals surface area contributed by atoms with Gasteiger partial charge in [0.2, 0.25) is 5.91 Å². The van der Waals surface area contributed by atoms with Crippen LogP contribution in [0.1, 0.15) is 88.7 Å². The van der Waals surface area contributed by atoms with Gasteiger partial charge in [-0.15, -0.1) is 0 Å². The second kappa shape index (κ2) is 13.1. The summed E-state index contributed by atoms with van der Waals surface area (Å²) >= 11 is 0. The Labute approximate surface area is 234 Å². The highest BCUT2D eigenvalue weighted by atomic mass is 16.6. The lowest BCUT2D eigenvalue weighted by atomic mass is 9.94. The SMILES string of the molecule is CCC(C)N(C(=O)C(NC(=O)OC(C)(C)C)C(C)C)C(C(=O)Nc1c(C)cccc1C)c1ccc(C)c(C)c1. The van der Waals surface area contributed by atoms with Gasteiger partial charge in [0.25, 0.3) is 5.91 Å². The predicted octanol–water partition coefficient (Wildman–Crippen LogP) is 6.78. The van der Waals surface area contributed by atoms with E-state index in [2.05, 4.69) is 10.6 Å². The smallest absolute Gasteiger partial charge is 0.408 e. The van der Waals surface area contributed by atoms with Gasteiger partial charge < -0.3 is 20.3 Å². The molecule has 39 heavy (non-hydrogen) atoms. The first-order chi connectivity index (χ1) is 18.1. The van der Waals surface area contributed by atoms with Gasteiger partial charge in [-0.3, -0.25) is 9.59 Å². The molecular formula is C32H47N3O4. The van der Waals surface area contributed by atoms with Crippen molar-refractivity contribution in [2.45, 2.75) is 106 Å². The Balaban J connectivity index is 2.64. The maximum absolute atomic E-state index is 14.3. The molecule has 3 amide bonds. The lowest BCUT2D eigenvalue weighted by Gasteiger charge is -2.39. The van der Waals surface area contributed by atoms with Crippen molar-refractivity contribution in [3.05, 3.63) is 64.2 Å². The maximum atomic E-state index is 14.3. The Hall–Kier alpha value is -3.35. The van der Waals surface area contributed by atoms with Crippen LogP contribution in [0.5, 0.6) is 0 Å². The van der Waals surface area contributed by atoms with Gasteiger partial charge in [0.15, 0.2) is 0 Å². The molecule has 7 heteroatoms. The monoisotopic (exact) mass is 537 g/mol. The van der Waals surface area contributed by atoms with Crippen LogP contribution in [0.15, 0.2) is 36.4 Å². The van der Waals surface area contributed by atoms with Crippen molar-refractivity contribution in [2.24, 2.45) is 5.92 Å². The summed E-state index contributed by atoms with van der Waals surface area (Å²) in [6.45, 7) is 20.9. The normalized spacial score (nSPS) is 13.8. The molecule has 3 unspecified atom stereocenters. The third-order valence-corrected chi connectivity index (χ3v) is 7.03. The first-order valence-corrected chi connectivity index (χ1v) is 13.8. The van der Waals surface area contributed by atoms with Crippen molar-refractivity contribution in [3.8, 4) is 0 Å². The van der Waals surface area contributed by atoms with Crippen molar-refractivity contribution in [1.82, 2.24) is 10.2 Å². The summed E-state index contributed by atoms with van der Waals surface area (Å²) in [6, 6.07) is 9.63. The van der Waals surface area contributed by atoms with Crippen LogP contribution in [0.2, 0.25) is 0 Å². The number of carbonyl (C=O) groups excluding carboxylic acids is 3. The Bertz CT molecular complexity index is 1160. The standard InChI is InChI=1S/C32H47N3O4/c1-12-24(8)35(30(37)26(19(2)3)34-31(38)39-32(9,10)11)28(25-17-16-20(4)23(7)18-25)29(36)33-27-21(5)14-13-15-22(27)6/h13-19,24,26,28H,12H2,1-11H3,(H,33,36)(H,34,38). The molecule has 0 saturated heterocycles. The molecule has 0 heterocycles. The highest BCUT2D eigenvalue weighted by molar-refractivity contribution is 6.00. The van der Waals surface area contributed by atoms with Gasteiger partial charge in [-0.25, -0.2) is 4.79 Å². The van der Waals surface area contributed by atoms with E-state index >= 15 is 0 Å². The van der Waals surface area contributed by atoms with Gasteiger partial charge >= 0.3 is 6.09 Å². The fraction of sp³-hybridized carbons (Fsp3) is 0.531. The zero-order valence-corrected chi connectivity index (χ0v) is 25.6. The van der Waals surface area contributed by atoms with Gasteiger partial charge in [0.05, 0.1) is 0 Å². The minimum atomic E-state index is -0.910. The van der Waals surface area contributed by atoms with Gasteiger partial charge in [0, 0.05) is 11.7 Å². The Kier molecular flexibility index (Phi) is 10.7. The quantitative estimate of drug-likeness (QED) is 0.369. The third kappa shape index (κ3) is 8.32. The van der Waals surface area contributed by atoms with E-state index in [4.69, 9.17) is 4.74 Å². The van der Waals surface area contributed by atoms with Crippen LogP contribution in [0.4, 0.5) is 10.5 Å². The summed E-state index contributed by atoms with van der Waals surface area (Å²) < 4.78 is 5.46. The van der Waals surface area contributed by atoms with E-state index in [9.17, 15) is 14.4 Å². The Morgan fingerprint density at radius 1 is 0.897 bits per heavy atom. The molecule has 2 aromatic rings. The van der Waals surface area contributed by atoms with Crippen LogP contribution in [0.25, 0.3) is 0 Å². The largest absolute Gasteiger partial charge is 0.444 e. The van der Waals surface area contributed by atoms with Crippen LogP contribution >= 0.6 is 0 Å². The molecule has 2 rings (SSSR count). The molecular weight excluding hydrogens is 490 g/mol. The number of nitrogens with one attached hydrogen (secondary N) is 2. The van der Waals surface area contributed by atoms with E-state index in [1.165, 1.54) is 0 Å². The summed E-state index contributed by atoms with van der Waals surface area (Å²) in [5.74, 6) is -0.868. The number of amides is 3. The minimum Gasteiger partial charge on any atom is -0.444 e. The molecule has 7 nitrogen and oxygen atoms in total. The summed E-state index contributed by atoms with van der Waals surface area (Å²) in [5, 5.41) is 5.90. The van der Waals surface area contributed by atoms with Crippen molar-refractivity contribution < 1.29 is 19.1 Å². The van der Waals surface area contributed by atoms with Crippen LogP contribution in [-0.4, -0.2) is 40.5 Å². The van der Waals surface area contributed by atoms with Crippen LogP contribution in [-0.2, 0) is 14.3 Å². The van der Waals surface area contributed by atoms with Crippen molar-refractivity contribution in [3.63, 3.8) is 0 Å². The summed E-state index contributed by atoms with van der Waals surface area (Å²) in [5.41, 5.74) is 4.75. The molecule has 0 spiro atoms. The van der Waals surface area contributed by atoms with E-state index < -0.39 is 23.8 Å². The molecule has 0 aliphatic carbocycles. The van der Waals surface area contributed by atoms with Crippen LogP contribution in [0.3, 0.4) is 0 Å². The second-order valence-corrected chi connectivity index (χ2v) is 11.9. The molecule has 2 N–H and O–H groups in total. The summed E-state index contributed by atoms with van der Waals surface area (Å²) in [7, 11) is 0. The Morgan fingerprint density at radius 3 is 1.97 bits per heavy atom. The molecule has 0 bridgehead atoms. The maximum Gasteiger partial charge on any atom is 0.408 e. The Morgan fingerprint density at radius 2 is 1.49 bits per heavy atom. The molecule has 0 radical (unpaired) electrons. The van der Waals surface area contributed by atoms with Gasteiger partial charge in [-0.05, 0) is 95.5 Å². The lowest BCUT2D eigenvalue weighted by Crippen LogP contribution is -2.56. The molecule has 2 aromatic carbocycles. The average Bonchev–Trinajstić information content (AvgIpc) is 2.83. The average molecular weight is 538 g/mol. The number of aryl methyl sites for hydroxylation is 4. The molecule has 0 fully saturated rings. The van der Waals surface area contributed by atoms with Crippen LogP contribution < -0.4 is 10.6 Å². The first kappa shape index (κ1) is 31.9. The van der Waals surface area contributed by atoms with Crippen LogP contribution in [0, 0.1) is 33.6 Å². The number of alkyl carbamates (subject to hydrolysis) is 1. The van der Waals surface area contributed by atoms with Crippen molar-refractivity contribution >= 4 is 23.6 Å². The van der Waals surface area contributed by atoms with E-state index in [0.29, 0.717) is 6.42 Å². The van der Waals surface area contributed by atoms with Gasteiger partial charge in [-0.2, -0.15) is 0 Å². The van der Waals surface area contributed by atoms with Crippen molar-refractivity contribution in [2.75, 3.05) is 5.32 Å². The van der Waals surface area contributed by atoms with E-state index in [1.54, 1.807) is 25.7 Å². The number of para-hydroxylation sites is 1. The number of rotatable bonds is 9. The summed E-state index contributed by atoms with van der Waals surface area (Å²) in [4.78, 5) is 42.8. The zero-order chi connectivity index (χ0) is 29.7. The number of hydrogen-bond donors (Lipinski definition) is 2. The fourth-order valence-corrected chi connectivity index (χ4v) is 4.48. The number of ether oxygens (including phenoxy) is 1. The highest BCUT2D eigenvalue weighted by Crippen LogP contribution is 2.31. The van der Waals surface area contributed by atoms with Gasteiger partial charge in [-0.1, -0.05) is 57.2 Å². The lowest BCUT2D eigenvalue weighted by molar-refractivity contribution is -0.144. The van der Waals surface area contributed by atoms with Gasteiger partial charge in [0.1, 0.15) is 17.7 Å². The van der Waals surface area contributed by atoms with Crippen molar-refractivity contribution in [1.29, 1.82) is 0 Å². The molecule has 0 aliphatic rings. The number of benzene rings is 2. The van der Waals surface area contributed by atoms with E-state index in [0.717, 1.165) is 33.5 Å². The molecule has 0 aliphatic heterocycles. The number of nitrogens with zero attached hydrogens (tertiary/aromatic N) is 1. The predicted molar refractivity (Wildman–Crippen MR) is 158 cm³/mol.